The number of anilines is 1. The number of carbonyl (C=O) groups is 3. The predicted molar refractivity (Wildman–Crippen MR) is 132 cm³/mol. The van der Waals surface area contributed by atoms with Crippen molar-refractivity contribution in [1.82, 2.24) is 5.32 Å². The average molecular weight is 505 g/mol. The lowest BCUT2D eigenvalue weighted by molar-refractivity contribution is -0.148. The largest absolute Gasteiger partial charge is 0.497 e. The first kappa shape index (κ1) is 24.5. The number of carboxylic acid groups (broad SMARTS) is 1. The number of aliphatic carboxylic acids is 1. The van der Waals surface area contributed by atoms with Crippen LogP contribution in [0.15, 0.2) is 72.8 Å². The number of halogens is 1. The molecule has 2 heterocycles. The molecule has 2 aliphatic heterocycles. The molecule has 0 aromatic heterocycles. The van der Waals surface area contributed by atoms with Gasteiger partial charge in [-0.05, 0) is 35.9 Å². The van der Waals surface area contributed by atoms with E-state index < -0.39 is 47.0 Å². The van der Waals surface area contributed by atoms with Gasteiger partial charge in [0, 0.05) is 24.1 Å². The zero-order valence-electron chi connectivity index (χ0n) is 20.2. The Balaban J connectivity index is 1.68. The van der Waals surface area contributed by atoms with E-state index in [2.05, 4.69) is 5.32 Å². The van der Waals surface area contributed by atoms with Gasteiger partial charge in [0.15, 0.2) is 0 Å². The highest BCUT2D eigenvalue weighted by Crippen LogP contribution is 2.52. The van der Waals surface area contributed by atoms with Crippen molar-refractivity contribution in [3.05, 3.63) is 89.7 Å². The van der Waals surface area contributed by atoms with Crippen molar-refractivity contribution < 1.29 is 33.4 Å². The van der Waals surface area contributed by atoms with Crippen LogP contribution in [0.2, 0.25) is 0 Å². The minimum atomic E-state index is -1.79. The number of hydrogen-bond acceptors (Lipinski definition) is 6. The van der Waals surface area contributed by atoms with Gasteiger partial charge in [0.1, 0.15) is 22.9 Å². The zero-order valence-corrected chi connectivity index (χ0v) is 20.2. The molecule has 2 aliphatic rings. The van der Waals surface area contributed by atoms with Crippen LogP contribution in [0.1, 0.15) is 17.2 Å². The number of benzene rings is 3. The first-order valence-electron chi connectivity index (χ1n) is 11.7. The predicted octanol–water partition coefficient (Wildman–Crippen LogP) is 3.36. The summed E-state index contributed by atoms with van der Waals surface area (Å²) >= 11 is 0. The molecule has 0 radical (unpaired) electrons. The maximum atomic E-state index is 13.9. The first-order chi connectivity index (χ1) is 17.8. The molecule has 0 saturated carbocycles. The Labute approximate surface area is 212 Å². The van der Waals surface area contributed by atoms with Crippen molar-refractivity contribution in [2.24, 2.45) is 11.8 Å². The number of ether oxygens (including phenoxy) is 2. The molecule has 0 bridgehead atoms. The molecule has 9 heteroatoms. The van der Waals surface area contributed by atoms with Gasteiger partial charge in [0.25, 0.3) is 0 Å². The Bertz CT molecular complexity index is 1360. The molecule has 2 amide bonds. The highest BCUT2D eigenvalue weighted by molar-refractivity contribution is 6.24. The van der Waals surface area contributed by atoms with Gasteiger partial charge in [-0.15, -0.1) is 0 Å². The van der Waals surface area contributed by atoms with Gasteiger partial charge in [-0.3, -0.25) is 19.7 Å². The number of imide groups is 1. The number of nitrogens with one attached hydrogen (secondary N) is 1. The Morgan fingerprint density at radius 1 is 1.00 bits per heavy atom. The summed E-state index contributed by atoms with van der Waals surface area (Å²) in [5.41, 5.74) is -0.385. The molecule has 0 spiro atoms. The second kappa shape index (κ2) is 9.33. The van der Waals surface area contributed by atoms with Crippen LogP contribution >= 0.6 is 0 Å². The second-order valence-electron chi connectivity index (χ2n) is 9.16. The normalized spacial score (nSPS) is 24.7. The van der Waals surface area contributed by atoms with Crippen LogP contribution in [0.3, 0.4) is 0 Å². The molecular formula is C28H25FN2O6. The van der Waals surface area contributed by atoms with Crippen LogP contribution in [0.4, 0.5) is 10.1 Å². The lowest BCUT2D eigenvalue weighted by Crippen LogP contribution is -2.57. The summed E-state index contributed by atoms with van der Waals surface area (Å²) in [5.74, 6) is -4.34. The Kier molecular flexibility index (Phi) is 6.16. The van der Waals surface area contributed by atoms with Crippen LogP contribution in [-0.4, -0.2) is 42.6 Å². The number of carboxylic acids is 1. The fourth-order valence-corrected chi connectivity index (χ4v) is 5.54. The molecule has 0 aliphatic carbocycles. The fraction of sp³-hybridized carbons (Fsp3) is 0.250. The molecule has 5 rings (SSSR count). The molecule has 8 nitrogen and oxygen atoms in total. The van der Waals surface area contributed by atoms with Crippen LogP contribution in [-0.2, 0) is 20.8 Å². The molecule has 37 heavy (non-hydrogen) atoms. The monoisotopic (exact) mass is 504 g/mol. The number of nitrogens with zero attached hydrogens (tertiary/aromatic N) is 1. The minimum absolute atomic E-state index is 0.0322. The highest BCUT2D eigenvalue weighted by Gasteiger charge is 2.68. The van der Waals surface area contributed by atoms with Gasteiger partial charge in [-0.2, -0.15) is 0 Å². The SMILES string of the molecule is COc1ccc([C@@H]2N[C@](Cc3ccccc3)(C(=O)O)[C@H]3C(=O)N(c4ccc(F)cc4)C(=O)[C@@H]23)c(OC)c1. The van der Waals surface area contributed by atoms with E-state index in [1.165, 1.54) is 26.4 Å². The van der Waals surface area contributed by atoms with Crippen molar-refractivity contribution in [3.8, 4) is 11.5 Å². The Hall–Kier alpha value is -4.24. The van der Waals surface area contributed by atoms with E-state index in [9.17, 15) is 23.9 Å². The number of amides is 2. The summed E-state index contributed by atoms with van der Waals surface area (Å²) in [6.45, 7) is 0. The van der Waals surface area contributed by atoms with Crippen molar-refractivity contribution >= 4 is 23.5 Å². The lowest BCUT2D eigenvalue weighted by atomic mass is 9.76. The fourth-order valence-electron chi connectivity index (χ4n) is 5.54. The van der Waals surface area contributed by atoms with Crippen LogP contribution in [0.25, 0.3) is 0 Å². The van der Waals surface area contributed by atoms with E-state index in [-0.39, 0.29) is 12.1 Å². The van der Waals surface area contributed by atoms with Crippen molar-refractivity contribution in [3.63, 3.8) is 0 Å². The first-order valence-corrected chi connectivity index (χ1v) is 11.7. The zero-order chi connectivity index (χ0) is 26.3. The molecule has 4 atom stereocenters. The standard InChI is InChI=1S/C28H25FN2O6/c1-36-19-12-13-20(21(14-19)37-2)24-22-23(26(33)31(25(22)32)18-10-8-17(29)9-11-18)28(30-24,27(34)35)15-16-6-4-3-5-7-16/h3-14,22-24,30H,15H2,1-2H3,(H,34,35)/t22-,23-,24+,28+/m1/s1. The topological polar surface area (TPSA) is 105 Å². The molecule has 0 unspecified atom stereocenters. The van der Waals surface area contributed by atoms with Gasteiger partial charge in [0.2, 0.25) is 11.8 Å². The van der Waals surface area contributed by atoms with E-state index in [1.807, 2.05) is 6.07 Å². The molecule has 2 saturated heterocycles. The van der Waals surface area contributed by atoms with E-state index in [1.54, 1.807) is 42.5 Å². The third-order valence-electron chi connectivity index (χ3n) is 7.22. The highest BCUT2D eigenvalue weighted by atomic mass is 19.1. The molecule has 2 fully saturated rings. The molecule has 3 aromatic rings. The summed E-state index contributed by atoms with van der Waals surface area (Å²) in [7, 11) is 2.97. The summed E-state index contributed by atoms with van der Waals surface area (Å²) < 4.78 is 24.4. The molecule has 2 N–H and O–H groups in total. The Morgan fingerprint density at radius 2 is 1.70 bits per heavy atom. The van der Waals surface area contributed by atoms with Gasteiger partial charge >= 0.3 is 5.97 Å². The summed E-state index contributed by atoms with van der Waals surface area (Å²) in [6.07, 6.45) is -0.0322. The maximum absolute atomic E-state index is 13.9. The van der Waals surface area contributed by atoms with Crippen molar-refractivity contribution in [2.45, 2.75) is 18.0 Å². The van der Waals surface area contributed by atoms with Gasteiger partial charge in [-0.1, -0.05) is 36.4 Å². The van der Waals surface area contributed by atoms with Crippen LogP contribution in [0.5, 0.6) is 11.5 Å². The van der Waals surface area contributed by atoms with Crippen molar-refractivity contribution in [1.29, 1.82) is 0 Å². The molecule has 3 aromatic carbocycles. The number of hydrogen-bond donors (Lipinski definition) is 2. The minimum Gasteiger partial charge on any atom is -0.497 e. The lowest BCUT2D eigenvalue weighted by Gasteiger charge is -2.31. The van der Waals surface area contributed by atoms with E-state index >= 15 is 0 Å². The van der Waals surface area contributed by atoms with Crippen molar-refractivity contribution in [2.75, 3.05) is 19.1 Å². The smallest absolute Gasteiger partial charge is 0.325 e. The van der Waals surface area contributed by atoms with Crippen LogP contribution in [0, 0.1) is 17.7 Å². The van der Waals surface area contributed by atoms with Gasteiger partial charge < -0.3 is 14.6 Å². The van der Waals surface area contributed by atoms with E-state index in [0.717, 1.165) is 17.0 Å². The quantitative estimate of drug-likeness (QED) is 0.476. The van der Waals surface area contributed by atoms with Gasteiger partial charge in [0.05, 0.1) is 31.7 Å². The average Bonchev–Trinajstić information content (AvgIpc) is 3.38. The summed E-state index contributed by atoms with van der Waals surface area (Å²) in [4.78, 5) is 41.7. The number of methoxy groups -OCH3 is 2. The maximum Gasteiger partial charge on any atom is 0.325 e. The van der Waals surface area contributed by atoms with Crippen LogP contribution < -0.4 is 19.7 Å². The molecular weight excluding hydrogens is 479 g/mol. The second-order valence-corrected chi connectivity index (χ2v) is 9.16. The van der Waals surface area contributed by atoms with E-state index in [4.69, 9.17) is 9.47 Å². The third-order valence-corrected chi connectivity index (χ3v) is 7.22. The third kappa shape index (κ3) is 3.92. The summed E-state index contributed by atoms with van der Waals surface area (Å²) in [6, 6.07) is 18.1. The van der Waals surface area contributed by atoms with E-state index in [0.29, 0.717) is 22.6 Å². The number of carbonyl (C=O) groups excluding carboxylic acids is 2. The summed E-state index contributed by atoms with van der Waals surface area (Å²) in [5, 5.41) is 13.8. The molecule has 190 valence electrons. The number of rotatable bonds is 7. The number of fused-ring (bicyclic) bond motifs is 1. The van der Waals surface area contributed by atoms with Gasteiger partial charge in [-0.25, -0.2) is 9.29 Å². The Morgan fingerprint density at radius 3 is 2.32 bits per heavy atom.